The number of aromatic nitrogens is 2. The van der Waals surface area contributed by atoms with Gasteiger partial charge in [0.05, 0.1) is 5.69 Å². The van der Waals surface area contributed by atoms with Gasteiger partial charge in [-0.15, -0.1) is 0 Å². The molecule has 18 heavy (non-hydrogen) atoms. The number of hydrogen-bond donors (Lipinski definition) is 2. The van der Waals surface area contributed by atoms with Crippen molar-refractivity contribution in [3.05, 3.63) is 35.1 Å². The van der Waals surface area contributed by atoms with Crippen LogP contribution in [0.1, 0.15) is 15.4 Å². The molecule has 0 bridgehead atoms. The molecular weight excluding hydrogens is 254 g/mol. The Balaban J connectivity index is 2.19. The molecule has 2 N–H and O–H groups in total. The lowest BCUT2D eigenvalue weighted by molar-refractivity contribution is -0.135. The summed E-state index contributed by atoms with van der Waals surface area (Å²) in [4.78, 5) is 26.8. The van der Waals surface area contributed by atoms with E-state index in [1.807, 2.05) is 24.5 Å². The number of thiazole rings is 1. The number of amides is 1. The van der Waals surface area contributed by atoms with E-state index < -0.39 is 18.4 Å². The highest BCUT2D eigenvalue weighted by Crippen LogP contribution is 2.21. The fourth-order valence-corrected chi connectivity index (χ4v) is 2.35. The topological polar surface area (TPSA) is 84.2 Å². The molecule has 0 saturated carbocycles. The van der Waals surface area contributed by atoms with Gasteiger partial charge >= 0.3 is 5.97 Å². The molecule has 0 unspecified atom stereocenters. The first-order valence-corrected chi connectivity index (χ1v) is 6.00. The quantitative estimate of drug-likeness (QED) is 0.865. The minimum Gasteiger partial charge on any atom is -0.480 e. The van der Waals surface area contributed by atoms with Gasteiger partial charge in [0, 0.05) is 12.4 Å². The van der Waals surface area contributed by atoms with E-state index in [0.717, 1.165) is 0 Å². The number of hydrogen-bond acceptors (Lipinski definition) is 4. The van der Waals surface area contributed by atoms with Gasteiger partial charge in [0.2, 0.25) is 0 Å². The molecule has 0 fully saturated rings. The monoisotopic (exact) mass is 265 g/mol. The van der Waals surface area contributed by atoms with Gasteiger partial charge in [-0.25, -0.2) is 4.98 Å². The number of nitrogens with zero attached hydrogens (tertiary/aromatic N) is 2. The third-order valence-corrected chi connectivity index (χ3v) is 3.39. The molecule has 2 heterocycles. The Morgan fingerprint density at radius 1 is 1.44 bits per heavy atom. The zero-order chi connectivity index (χ0) is 13.1. The summed E-state index contributed by atoms with van der Waals surface area (Å²) in [6, 6.07) is 3.72. The molecule has 6 nitrogen and oxygen atoms in total. The standard InChI is InChI=1S/C11H11N3O3S/c1-7-9(10(17)12-6-8(15)16)18-11(13-7)14-4-2-3-5-14/h2-5H,6H2,1H3,(H,12,17)(H,15,16). The average molecular weight is 265 g/mol. The molecule has 2 aromatic rings. The van der Waals surface area contributed by atoms with Crippen LogP contribution in [0.15, 0.2) is 24.5 Å². The highest BCUT2D eigenvalue weighted by Gasteiger charge is 2.16. The molecule has 94 valence electrons. The van der Waals surface area contributed by atoms with Gasteiger partial charge < -0.3 is 15.0 Å². The Kier molecular flexibility index (Phi) is 3.42. The Morgan fingerprint density at radius 3 is 2.72 bits per heavy atom. The number of aliphatic carboxylic acids is 1. The predicted molar refractivity (Wildman–Crippen MR) is 66.1 cm³/mol. The van der Waals surface area contributed by atoms with E-state index in [0.29, 0.717) is 15.7 Å². The van der Waals surface area contributed by atoms with Crippen LogP contribution in [-0.2, 0) is 4.79 Å². The van der Waals surface area contributed by atoms with Crippen LogP contribution in [-0.4, -0.2) is 33.1 Å². The maximum atomic E-state index is 11.7. The largest absolute Gasteiger partial charge is 0.480 e. The van der Waals surface area contributed by atoms with Gasteiger partial charge in [-0.2, -0.15) is 0 Å². The maximum absolute atomic E-state index is 11.7. The fraction of sp³-hybridized carbons (Fsp3) is 0.182. The van der Waals surface area contributed by atoms with Crippen molar-refractivity contribution in [1.29, 1.82) is 0 Å². The van der Waals surface area contributed by atoms with Crippen molar-refractivity contribution in [3.8, 4) is 5.13 Å². The van der Waals surface area contributed by atoms with E-state index in [1.54, 1.807) is 11.5 Å². The summed E-state index contributed by atoms with van der Waals surface area (Å²) in [6.45, 7) is 1.33. The van der Waals surface area contributed by atoms with Gasteiger partial charge in [-0.1, -0.05) is 11.3 Å². The Labute approximate surface area is 107 Å². The molecule has 0 saturated heterocycles. The number of aryl methyl sites for hydroxylation is 1. The summed E-state index contributed by atoms with van der Waals surface area (Å²) < 4.78 is 1.80. The number of carboxylic acids is 1. The van der Waals surface area contributed by atoms with Crippen molar-refractivity contribution < 1.29 is 14.7 Å². The Morgan fingerprint density at radius 2 is 2.11 bits per heavy atom. The second-order valence-electron chi connectivity index (χ2n) is 3.58. The molecule has 0 aliphatic rings. The third kappa shape index (κ3) is 2.57. The fourth-order valence-electron chi connectivity index (χ4n) is 1.40. The molecule has 0 spiro atoms. The highest BCUT2D eigenvalue weighted by atomic mass is 32.1. The predicted octanol–water partition coefficient (Wildman–Crippen LogP) is 1.06. The zero-order valence-corrected chi connectivity index (χ0v) is 10.4. The van der Waals surface area contributed by atoms with E-state index >= 15 is 0 Å². The lowest BCUT2D eigenvalue weighted by Gasteiger charge is -1.99. The summed E-state index contributed by atoms with van der Waals surface area (Å²) in [6.07, 6.45) is 3.66. The van der Waals surface area contributed by atoms with Crippen molar-refractivity contribution in [2.45, 2.75) is 6.92 Å². The summed E-state index contributed by atoms with van der Waals surface area (Å²) in [5.41, 5.74) is 0.589. The normalized spacial score (nSPS) is 10.3. The van der Waals surface area contributed by atoms with E-state index in [2.05, 4.69) is 10.3 Å². The van der Waals surface area contributed by atoms with E-state index in [1.165, 1.54) is 11.3 Å². The average Bonchev–Trinajstić information content (AvgIpc) is 2.94. The highest BCUT2D eigenvalue weighted by molar-refractivity contribution is 7.16. The summed E-state index contributed by atoms with van der Waals surface area (Å²) in [7, 11) is 0. The maximum Gasteiger partial charge on any atom is 0.322 e. The SMILES string of the molecule is Cc1nc(-n2cccc2)sc1C(=O)NCC(=O)O. The van der Waals surface area contributed by atoms with E-state index in [4.69, 9.17) is 5.11 Å². The minimum absolute atomic E-state index is 0.394. The van der Waals surface area contributed by atoms with Crippen LogP contribution in [0.5, 0.6) is 0 Å². The van der Waals surface area contributed by atoms with Gasteiger partial charge in [0.15, 0.2) is 5.13 Å². The molecular formula is C11H11N3O3S. The molecule has 0 aliphatic heterocycles. The minimum atomic E-state index is -1.07. The van der Waals surface area contributed by atoms with Crippen LogP contribution in [0.3, 0.4) is 0 Å². The number of rotatable bonds is 4. The third-order valence-electron chi connectivity index (χ3n) is 2.22. The van der Waals surface area contributed by atoms with Crippen molar-refractivity contribution in [2.24, 2.45) is 0 Å². The van der Waals surface area contributed by atoms with Crippen molar-refractivity contribution in [3.63, 3.8) is 0 Å². The smallest absolute Gasteiger partial charge is 0.322 e. The summed E-state index contributed by atoms with van der Waals surface area (Å²) in [5, 5.41) is 11.5. The molecule has 1 amide bonds. The first kappa shape index (κ1) is 12.3. The van der Waals surface area contributed by atoms with Crippen LogP contribution in [0.4, 0.5) is 0 Å². The van der Waals surface area contributed by atoms with Gasteiger partial charge in [0.25, 0.3) is 5.91 Å². The molecule has 7 heteroatoms. The van der Waals surface area contributed by atoms with Crippen molar-refractivity contribution >= 4 is 23.2 Å². The lowest BCUT2D eigenvalue weighted by Crippen LogP contribution is -2.29. The van der Waals surface area contributed by atoms with Gasteiger partial charge in [-0.05, 0) is 19.1 Å². The number of nitrogens with one attached hydrogen (secondary N) is 1. The summed E-state index contributed by atoms with van der Waals surface area (Å²) in [5.74, 6) is -1.48. The summed E-state index contributed by atoms with van der Waals surface area (Å²) >= 11 is 1.22. The number of carboxylic acid groups (broad SMARTS) is 1. The second kappa shape index (κ2) is 5.01. The molecule has 0 aliphatic carbocycles. The lowest BCUT2D eigenvalue weighted by atomic mass is 10.4. The molecule has 2 rings (SSSR count). The van der Waals surface area contributed by atoms with Crippen molar-refractivity contribution in [1.82, 2.24) is 14.9 Å². The molecule has 0 atom stereocenters. The van der Waals surface area contributed by atoms with E-state index in [-0.39, 0.29) is 0 Å². The number of carbonyl (C=O) groups is 2. The van der Waals surface area contributed by atoms with Crippen LogP contribution in [0.25, 0.3) is 5.13 Å². The van der Waals surface area contributed by atoms with Crippen molar-refractivity contribution in [2.75, 3.05) is 6.54 Å². The second-order valence-corrected chi connectivity index (χ2v) is 4.56. The van der Waals surface area contributed by atoms with Crippen LogP contribution < -0.4 is 5.32 Å². The number of carbonyl (C=O) groups excluding carboxylic acids is 1. The van der Waals surface area contributed by atoms with Crippen LogP contribution >= 0.6 is 11.3 Å². The van der Waals surface area contributed by atoms with Crippen LogP contribution in [0.2, 0.25) is 0 Å². The molecule has 0 radical (unpaired) electrons. The zero-order valence-electron chi connectivity index (χ0n) is 9.58. The van der Waals surface area contributed by atoms with Gasteiger partial charge in [0.1, 0.15) is 11.4 Å². The first-order valence-electron chi connectivity index (χ1n) is 5.18. The molecule has 2 aromatic heterocycles. The first-order chi connectivity index (χ1) is 8.58. The Hall–Kier alpha value is -2.15. The van der Waals surface area contributed by atoms with Gasteiger partial charge in [-0.3, -0.25) is 9.59 Å². The van der Waals surface area contributed by atoms with E-state index in [9.17, 15) is 9.59 Å². The molecule has 0 aromatic carbocycles. The Bertz CT molecular complexity index is 574. The van der Waals surface area contributed by atoms with Crippen LogP contribution in [0, 0.1) is 6.92 Å².